The van der Waals surface area contributed by atoms with Crippen LogP contribution >= 0.6 is 0 Å². The summed E-state index contributed by atoms with van der Waals surface area (Å²) < 4.78 is 44.8. The zero-order chi connectivity index (χ0) is 24.2. The van der Waals surface area contributed by atoms with Gasteiger partial charge in [0, 0.05) is 36.0 Å². The second kappa shape index (κ2) is 9.83. The second-order valence-electron chi connectivity index (χ2n) is 7.50. The van der Waals surface area contributed by atoms with Crippen molar-refractivity contribution < 1.29 is 27.8 Å². The third-order valence-electron chi connectivity index (χ3n) is 4.45. The number of hydrogen-bond donors (Lipinski definition) is 2. The average molecular weight is 461 g/mol. The summed E-state index contributed by atoms with van der Waals surface area (Å²) in [7, 11) is 0. The van der Waals surface area contributed by atoms with Crippen molar-refractivity contribution >= 4 is 11.4 Å². The maximum Gasteiger partial charge on any atom is 0.573 e. The van der Waals surface area contributed by atoms with Gasteiger partial charge in [-0.2, -0.15) is 0 Å². The molecule has 2 N–H and O–H groups in total. The first-order valence-corrected chi connectivity index (χ1v) is 10.1. The number of nitrogens with zero attached hydrogens (tertiary/aromatic N) is 2. The molecule has 1 aromatic carbocycles. The van der Waals surface area contributed by atoms with Gasteiger partial charge in [-0.25, -0.2) is 0 Å². The summed E-state index contributed by atoms with van der Waals surface area (Å²) in [5.74, 6) is 4.73. The van der Waals surface area contributed by atoms with Crippen molar-refractivity contribution in [2.75, 3.05) is 6.61 Å². The number of halogens is 3. The minimum Gasteiger partial charge on any atom is -0.406 e. The quantitative estimate of drug-likeness (QED) is 0.553. The molecule has 0 aliphatic rings. The number of ether oxygens (including phenoxy) is 1. The van der Waals surface area contributed by atoms with Gasteiger partial charge in [0.25, 0.3) is 5.56 Å². The Morgan fingerprint density at radius 2 is 2.00 bits per heavy atom. The molecule has 0 saturated heterocycles. The van der Waals surface area contributed by atoms with Crippen LogP contribution in [0.3, 0.4) is 0 Å². The molecule has 3 rings (SSSR count). The number of aliphatic hydroxyl groups is 1. The Bertz CT molecular complexity index is 1280. The Hall–Kier alpha value is -3.71. The van der Waals surface area contributed by atoms with E-state index in [1.165, 1.54) is 21.1 Å². The van der Waals surface area contributed by atoms with E-state index in [1.54, 1.807) is 32.3 Å². The summed E-state index contributed by atoms with van der Waals surface area (Å²) in [5, 5.41) is 11.6. The molecule has 0 spiro atoms. The number of amides is 1. The Morgan fingerprint density at radius 1 is 1.24 bits per heavy atom. The van der Waals surface area contributed by atoms with Gasteiger partial charge in [0.15, 0.2) is 0 Å². The summed E-state index contributed by atoms with van der Waals surface area (Å²) >= 11 is 0. The maximum atomic E-state index is 13.3. The van der Waals surface area contributed by atoms with Gasteiger partial charge >= 0.3 is 6.36 Å². The highest BCUT2D eigenvalue weighted by Gasteiger charge is 2.31. The normalized spacial score (nSPS) is 11.4. The van der Waals surface area contributed by atoms with Crippen LogP contribution in [-0.2, 0) is 11.3 Å². The molecule has 0 unspecified atom stereocenters. The predicted molar refractivity (Wildman–Crippen MR) is 116 cm³/mol. The highest BCUT2D eigenvalue weighted by molar-refractivity contribution is 5.77. The van der Waals surface area contributed by atoms with Gasteiger partial charge in [-0.15, -0.1) is 13.2 Å². The lowest BCUT2D eigenvalue weighted by Crippen LogP contribution is -2.36. The third-order valence-corrected chi connectivity index (χ3v) is 4.45. The van der Waals surface area contributed by atoms with Gasteiger partial charge in [-0.1, -0.05) is 24.0 Å². The third kappa shape index (κ3) is 6.17. The van der Waals surface area contributed by atoms with E-state index in [-0.39, 0.29) is 42.4 Å². The highest BCUT2D eigenvalue weighted by Crippen LogP contribution is 2.28. The van der Waals surface area contributed by atoms with Crippen LogP contribution in [0, 0.1) is 11.8 Å². The smallest absolute Gasteiger partial charge is 0.406 e. The van der Waals surface area contributed by atoms with E-state index in [9.17, 15) is 22.8 Å². The molecule has 174 valence electrons. The molecule has 0 saturated carbocycles. The van der Waals surface area contributed by atoms with Crippen molar-refractivity contribution in [3.05, 3.63) is 58.6 Å². The van der Waals surface area contributed by atoms with E-state index in [0.717, 1.165) is 12.1 Å². The molecule has 2 heterocycles. The number of carbonyl (C=O) groups excluding carboxylic acids is 1. The number of benzene rings is 1. The van der Waals surface area contributed by atoms with Crippen molar-refractivity contribution in [2.24, 2.45) is 0 Å². The molecule has 0 aliphatic heterocycles. The van der Waals surface area contributed by atoms with Crippen molar-refractivity contribution in [2.45, 2.75) is 39.2 Å². The lowest BCUT2D eigenvalue weighted by atomic mass is 10.1. The average Bonchev–Trinajstić information content (AvgIpc) is 3.12. The number of aliphatic hydroxyl groups excluding tert-OH is 1. The Morgan fingerprint density at radius 3 is 2.67 bits per heavy atom. The van der Waals surface area contributed by atoms with Crippen LogP contribution in [0.25, 0.3) is 16.8 Å². The first kappa shape index (κ1) is 23.9. The highest BCUT2D eigenvalue weighted by atomic mass is 19.4. The van der Waals surface area contributed by atoms with Gasteiger partial charge in [0.1, 0.15) is 17.8 Å². The molecular weight excluding hydrogens is 439 g/mol. The van der Waals surface area contributed by atoms with Crippen LogP contribution in [0.5, 0.6) is 5.75 Å². The number of nitrogens with one attached hydrogen (secondary N) is 1. The molecule has 2 aromatic heterocycles. The van der Waals surface area contributed by atoms with E-state index in [0.29, 0.717) is 5.56 Å². The number of carbonyl (C=O) groups is 1. The molecular formula is C23H22F3N3O4. The van der Waals surface area contributed by atoms with Gasteiger partial charge < -0.3 is 19.6 Å². The SMILES string of the molecule is CC(C)NC(=O)Cn1c(-c2cccc(OC(F)(F)F)c2)cn2cc(C#CCCO)cc2c1=O. The minimum atomic E-state index is -4.87. The molecule has 33 heavy (non-hydrogen) atoms. The molecule has 10 heteroatoms. The number of alkyl halides is 3. The summed E-state index contributed by atoms with van der Waals surface area (Å²) in [4.78, 5) is 25.7. The van der Waals surface area contributed by atoms with E-state index in [1.807, 2.05) is 0 Å². The van der Waals surface area contributed by atoms with Crippen LogP contribution in [0.1, 0.15) is 25.8 Å². The Labute approximate surface area is 187 Å². The van der Waals surface area contributed by atoms with Crippen LogP contribution in [0.15, 0.2) is 47.5 Å². The zero-order valence-corrected chi connectivity index (χ0v) is 17.9. The zero-order valence-electron chi connectivity index (χ0n) is 17.9. The molecule has 7 nitrogen and oxygen atoms in total. The van der Waals surface area contributed by atoms with Crippen molar-refractivity contribution in [1.82, 2.24) is 14.3 Å². The fourth-order valence-electron chi connectivity index (χ4n) is 3.25. The Kier molecular flexibility index (Phi) is 7.13. The monoisotopic (exact) mass is 461 g/mol. The predicted octanol–water partition coefficient (Wildman–Crippen LogP) is 2.93. The second-order valence-corrected chi connectivity index (χ2v) is 7.50. The van der Waals surface area contributed by atoms with Crippen LogP contribution in [-0.4, -0.2) is 39.0 Å². The molecule has 0 aliphatic carbocycles. The lowest BCUT2D eigenvalue weighted by Gasteiger charge is -2.16. The fourth-order valence-corrected chi connectivity index (χ4v) is 3.25. The minimum absolute atomic E-state index is 0.0986. The van der Waals surface area contributed by atoms with E-state index in [2.05, 4.69) is 21.9 Å². The lowest BCUT2D eigenvalue weighted by molar-refractivity contribution is -0.274. The number of aromatic nitrogens is 2. The summed E-state index contributed by atoms with van der Waals surface area (Å²) in [6.07, 6.45) is -1.46. The first-order valence-electron chi connectivity index (χ1n) is 10.1. The van der Waals surface area contributed by atoms with Gasteiger partial charge in [0.05, 0.1) is 12.3 Å². The first-order chi connectivity index (χ1) is 15.6. The fraction of sp³-hybridized carbons (Fsp3) is 0.304. The van der Waals surface area contributed by atoms with Gasteiger partial charge in [-0.05, 0) is 32.0 Å². The molecule has 0 atom stereocenters. The standard InChI is InChI=1S/C23H22F3N3O4/c1-15(2)27-21(31)14-29-20(17-7-5-8-18(11-17)33-23(24,25)26)13-28-12-16(6-3-4-9-30)10-19(28)22(29)32/h5,7-8,10-13,15,30H,4,9,14H2,1-2H3,(H,27,31). The molecule has 3 aromatic rings. The van der Waals surface area contributed by atoms with Crippen LogP contribution in [0.2, 0.25) is 0 Å². The number of fused-ring (bicyclic) bond motifs is 1. The van der Waals surface area contributed by atoms with Crippen LogP contribution < -0.4 is 15.6 Å². The van der Waals surface area contributed by atoms with Crippen molar-refractivity contribution in [3.8, 4) is 28.8 Å². The molecule has 0 radical (unpaired) electrons. The van der Waals surface area contributed by atoms with Crippen LogP contribution in [0.4, 0.5) is 13.2 Å². The Balaban J connectivity index is 2.16. The van der Waals surface area contributed by atoms with Crippen molar-refractivity contribution in [1.29, 1.82) is 0 Å². The van der Waals surface area contributed by atoms with E-state index in [4.69, 9.17) is 5.11 Å². The maximum absolute atomic E-state index is 13.3. The van der Waals surface area contributed by atoms with Gasteiger partial charge in [0.2, 0.25) is 5.91 Å². The van der Waals surface area contributed by atoms with Crippen molar-refractivity contribution in [3.63, 3.8) is 0 Å². The topological polar surface area (TPSA) is 85.0 Å². The summed E-state index contributed by atoms with van der Waals surface area (Å²) in [6.45, 7) is 3.11. The number of hydrogen-bond acceptors (Lipinski definition) is 4. The molecule has 0 bridgehead atoms. The van der Waals surface area contributed by atoms with Gasteiger partial charge in [-0.3, -0.25) is 14.2 Å². The molecule has 1 amide bonds. The summed E-state index contributed by atoms with van der Waals surface area (Å²) in [5.41, 5.74) is 0.736. The molecule has 0 fully saturated rings. The summed E-state index contributed by atoms with van der Waals surface area (Å²) in [6, 6.07) is 6.57. The van der Waals surface area contributed by atoms with E-state index >= 15 is 0 Å². The largest absolute Gasteiger partial charge is 0.573 e. The van der Waals surface area contributed by atoms with E-state index < -0.39 is 23.6 Å². The number of rotatable bonds is 6.